The van der Waals surface area contributed by atoms with E-state index in [0.717, 1.165) is 0 Å². The number of nitriles is 1. The van der Waals surface area contributed by atoms with Crippen molar-refractivity contribution in [1.29, 1.82) is 5.26 Å². The molecule has 0 aliphatic carbocycles. The zero-order valence-corrected chi connectivity index (χ0v) is 11.1. The standard InChI is InChI=1S/C13H14N2O3S/c14-7-10-2-1-9(8-15-10)13(16)5-11-3-4-12(6-13)19(11,17)18/h1-2,8,11-12,16H,3-6H2. The van der Waals surface area contributed by atoms with E-state index < -0.39 is 25.9 Å². The first-order valence-electron chi connectivity index (χ1n) is 6.27. The molecule has 19 heavy (non-hydrogen) atoms. The van der Waals surface area contributed by atoms with Gasteiger partial charge < -0.3 is 5.11 Å². The van der Waals surface area contributed by atoms with Crippen LogP contribution in [0, 0.1) is 11.3 Å². The SMILES string of the molecule is N#Cc1ccc(C2(O)CC3CCC(C2)S3(=O)=O)cn1. The predicted octanol–water partition coefficient (Wildman–Crippen LogP) is 0.880. The predicted molar refractivity (Wildman–Crippen MR) is 67.8 cm³/mol. The highest BCUT2D eigenvalue weighted by molar-refractivity contribution is 7.93. The zero-order valence-electron chi connectivity index (χ0n) is 10.3. The van der Waals surface area contributed by atoms with E-state index in [1.807, 2.05) is 6.07 Å². The maximum Gasteiger partial charge on any atom is 0.156 e. The quantitative estimate of drug-likeness (QED) is 0.823. The van der Waals surface area contributed by atoms with Gasteiger partial charge in [0.05, 0.1) is 16.1 Å². The minimum atomic E-state index is -3.05. The molecule has 6 heteroatoms. The molecule has 2 aliphatic rings. The van der Waals surface area contributed by atoms with Crippen LogP contribution in [-0.4, -0.2) is 29.0 Å². The van der Waals surface area contributed by atoms with E-state index in [-0.39, 0.29) is 12.8 Å². The highest BCUT2D eigenvalue weighted by atomic mass is 32.2. The molecule has 0 saturated carbocycles. The lowest BCUT2D eigenvalue weighted by Crippen LogP contribution is -2.43. The van der Waals surface area contributed by atoms with Crippen molar-refractivity contribution in [2.24, 2.45) is 0 Å². The van der Waals surface area contributed by atoms with Crippen LogP contribution in [0.3, 0.4) is 0 Å². The summed E-state index contributed by atoms with van der Waals surface area (Å²) >= 11 is 0. The Labute approximate surface area is 111 Å². The van der Waals surface area contributed by atoms with E-state index in [2.05, 4.69) is 4.98 Å². The third kappa shape index (κ3) is 1.85. The molecule has 5 nitrogen and oxygen atoms in total. The maximum atomic E-state index is 12.0. The summed E-state index contributed by atoms with van der Waals surface area (Å²) in [6.07, 6.45) is 3.23. The number of aromatic nitrogens is 1. The fourth-order valence-corrected chi connectivity index (χ4v) is 5.71. The summed E-state index contributed by atoms with van der Waals surface area (Å²) < 4.78 is 24.0. The van der Waals surface area contributed by atoms with Crippen LogP contribution in [-0.2, 0) is 15.4 Å². The Morgan fingerprint density at radius 2 is 1.95 bits per heavy atom. The summed E-state index contributed by atoms with van der Waals surface area (Å²) in [6.45, 7) is 0. The summed E-state index contributed by atoms with van der Waals surface area (Å²) in [5.41, 5.74) is -0.227. The lowest BCUT2D eigenvalue weighted by molar-refractivity contribution is 0.0170. The van der Waals surface area contributed by atoms with Gasteiger partial charge in [0.1, 0.15) is 11.8 Å². The number of sulfone groups is 1. The second-order valence-corrected chi connectivity index (χ2v) is 7.91. The molecular formula is C13H14N2O3S. The normalized spacial score (nSPS) is 35.8. The zero-order chi connectivity index (χ0) is 13.7. The van der Waals surface area contributed by atoms with E-state index in [9.17, 15) is 13.5 Å². The lowest BCUT2D eigenvalue weighted by Gasteiger charge is -2.36. The number of fused-ring (bicyclic) bond motifs is 2. The van der Waals surface area contributed by atoms with Crippen LogP contribution in [0.25, 0.3) is 0 Å². The molecule has 2 unspecified atom stereocenters. The molecule has 0 spiro atoms. The summed E-state index contributed by atoms with van der Waals surface area (Å²) in [7, 11) is -3.05. The first-order valence-corrected chi connectivity index (χ1v) is 7.88. The van der Waals surface area contributed by atoms with Gasteiger partial charge in [0.25, 0.3) is 0 Å². The van der Waals surface area contributed by atoms with Gasteiger partial charge in [-0.1, -0.05) is 6.07 Å². The molecule has 2 aliphatic heterocycles. The number of hydrogen-bond acceptors (Lipinski definition) is 5. The molecule has 3 rings (SSSR count). The molecule has 3 heterocycles. The number of pyridine rings is 1. The van der Waals surface area contributed by atoms with Crippen molar-refractivity contribution < 1.29 is 13.5 Å². The third-order valence-electron chi connectivity index (χ3n) is 4.29. The summed E-state index contributed by atoms with van der Waals surface area (Å²) in [4.78, 5) is 3.95. The topological polar surface area (TPSA) is 91.0 Å². The number of rotatable bonds is 1. The van der Waals surface area contributed by atoms with Gasteiger partial charge in [0.2, 0.25) is 0 Å². The van der Waals surface area contributed by atoms with Gasteiger partial charge in [0.15, 0.2) is 9.84 Å². The summed E-state index contributed by atoms with van der Waals surface area (Å²) in [6, 6.07) is 5.15. The van der Waals surface area contributed by atoms with Gasteiger partial charge in [-0.15, -0.1) is 0 Å². The smallest absolute Gasteiger partial charge is 0.156 e. The van der Waals surface area contributed by atoms with Crippen LogP contribution in [0.5, 0.6) is 0 Å². The molecule has 2 saturated heterocycles. The van der Waals surface area contributed by atoms with E-state index in [0.29, 0.717) is 24.1 Å². The largest absolute Gasteiger partial charge is 0.385 e. The van der Waals surface area contributed by atoms with E-state index in [4.69, 9.17) is 5.26 Å². The Morgan fingerprint density at radius 1 is 1.32 bits per heavy atom. The van der Waals surface area contributed by atoms with E-state index >= 15 is 0 Å². The van der Waals surface area contributed by atoms with Gasteiger partial charge in [-0.05, 0) is 31.7 Å². The van der Waals surface area contributed by atoms with Gasteiger partial charge in [0, 0.05) is 11.8 Å². The first-order chi connectivity index (χ1) is 8.95. The molecular weight excluding hydrogens is 264 g/mol. The monoisotopic (exact) mass is 278 g/mol. The molecule has 0 aromatic carbocycles. The van der Waals surface area contributed by atoms with Crippen molar-refractivity contribution >= 4 is 9.84 Å². The molecule has 2 fully saturated rings. The Bertz CT molecular complexity index is 625. The van der Waals surface area contributed by atoms with Crippen molar-refractivity contribution in [2.75, 3.05) is 0 Å². The van der Waals surface area contributed by atoms with Gasteiger partial charge in [-0.2, -0.15) is 5.26 Å². The Balaban J connectivity index is 1.95. The average molecular weight is 278 g/mol. The molecule has 1 N–H and O–H groups in total. The fourth-order valence-electron chi connectivity index (χ4n) is 3.22. The Kier molecular flexibility index (Phi) is 2.66. The van der Waals surface area contributed by atoms with Crippen molar-refractivity contribution in [3.8, 4) is 6.07 Å². The van der Waals surface area contributed by atoms with Crippen molar-refractivity contribution in [3.05, 3.63) is 29.6 Å². The molecule has 2 bridgehead atoms. The maximum absolute atomic E-state index is 12.0. The molecule has 1 aromatic rings. The van der Waals surface area contributed by atoms with Crippen LogP contribution >= 0.6 is 0 Å². The molecule has 100 valence electrons. The Morgan fingerprint density at radius 3 is 2.42 bits per heavy atom. The molecule has 2 atom stereocenters. The Hall–Kier alpha value is -1.45. The van der Waals surface area contributed by atoms with Crippen LogP contribution in [0.2, 0.25) is 0 Å². The average Bonchev–Trinajstić information content (AvgIpc) is 2.58. The van der Waals surface area contributed by atoms with Crippen LogP contribution in [0.1, 0.15) is 36.9 Å². The van der Waals surface area contributed by atoms with Crippen LogP contribution < -0.4 is 0 Å². The summed E-state index contributed by atoms with van der Waals surface area (Å²) in [5, 5.41) is 18.6. The van der Waals surface area contributed by atoms with Gasteiger partial charge in [-0.25, -0.2) is 13.4 Å². The van der Waals surface area contributed by atoms with Crippen LogP contribution in [0.15, 0.2) is 18.3 Å². The highest BCUT2D eigenvalue weighted by Crippen LogP contribution is 2.47. The minimum Gasteiger partial charge on any atom is -0.385 e. The van der Waals surface area contributed by atoms with Crippen molar-refractivity contribution in [1.82, 2.24) is 4.98 Å². The first kappa shape index (κ1) is 12.6. The highest BCUT2D eigenvalue weighted by Gasteiger charge is 2.53. The lowest BCUT2D eigenvalue weighted by atomic mass is 9.87. The van der Waals surface area contributed by atoms with E-state index in [1.54, 1.807) is 12.1 Å². The van der Waals surface area contributed by atoms with E-state index in [1.165, 1.54) is 6.20 Å². The summed E-state index contributed by atoms with van der Waals surface area (Å²) in [5.74, 6) is 0. The second-order valence-electron chi connectivity index (χ2n) is 5.39. The second kappa shape index (κ2) is 4.02. The fraction of sp³-hybridized carbons (Fsp3) is 0.538. The number of aliphatic hydroxyl groups is 1. The van der Waals surface area contributed by atoms with Gasteiger partial charge in [-0.3, -0.25) is 0 Å². The molecule has 0 radical (unpaired) electrons. The van der Waals surface area contributed by atoms with Crippen molar-refractivity contribution in [3.63, 3.8) is 0 Å². The molecule has 0 amide bonds. The number of nitrogens with zero attached hydrogens (tertiary/aromatic N) is 2. The molecule has 1 aromatic heterocycles. The third-order valence-corrected chi connectivity index (χ3v) is 6.95. The van der Waals surface area contributed by atoms with Gasteiger partial charge >= 0.3 is 0 Å². The minimum absolute atomic E-state index is 0.236. The van der Waals surface area contributed by atoms with Crippen LogP contribution in [0.4, 0.5) is 0 Å². The van der Waals surface area contributed by atoms with Crippen molar-refractivity contribution in [2.45, 2.75) is 41.8 Å². The number of hydrogen-bond donors (Lipinski definition) is 1.